The van der Waals surface area contributed by atoms with Crippen molar-refractivity contribution in [3.05, 3.63) is 30.3 Å². The highest BCUT2D eigenvalue weighted by molar-refractivity contribution is 5.94. The van der Waals surface area contributed by atoms with Crippen molar-refractivity contribution < 1.29 is 14.7 Å². The van der Waals surface area contributed by atoms with Gasteiger partial charge in [0.25, 0.3) is 0 Å². The molecule has 0 heterocycles. The monoisotopic (exact) mass is 248 g/mol. The van der Waals surface area contributed by atoms with Crippen LogP contribution in [0.25, 0.3) is 0 Å². The van der Waals surface area contributed by atoms with Crippen LogP contribution in [0.2, 0.25) is 0 Å². The zero-order valence-electron chi connectivity index (χ0n) is 9.98. The number of carboxylic acids is 1. The molecule has 0 unspecified atom stereocenters. The first-order valence-corrected chi connectivity index (χ1v) is 6.00. The van der Waals surface area contributed by atoms with Crippen LogP contribution >= 0.6 is 0 Å². The van der Waals surface area contributed by atoms with E-state index in [4.69, 9.17) is 0 Å². The fourth-order valence-corrected chi connectivity index (χ4v) is 2.27. The maximum Gasteiger partial charge on any atom is 0.329 e. The van der Waals surface area contributed by atoms with Crippen molar-refractivity contribution in [3.8, 4) is 0 Å². The summed E-state index contributed by atoms with van der Waals surface area (Å²) in [6.45, 7) is 0. The number of aliphatic carboxylic acids is 1. The highest BCUT2D eigenvalue weighted by atomic mass is 16.4. The zero-order chi connectivity index (χ0) is 13.0. The lowest BCUT2D eigenvalue weighted by Gasteiger charge is -2.25. The van der Waals surface area contributed by atoms with E-state index in [1.165, 1.54) is 0 Å². The molecule has 0 aromatic heterocycles. The lowest BCUT2D eigenvalue weighted by Crippen LogP contribution is -2.53. The van der Waals surface area contributed by atoms with E-state index in [9.17, 15) is 14.7 Å². The molecule has 1 aromatic rings. The molecule has 0 aliphatic heterocycles. The molecule has 2 amide bonds. The second kappa shape index (κ2) is 5.08. The van der Waals surface area contributed by atoms with Crippen LogP contribution in [-0.2, 0) is 4.79 Å². The Balaban J connectivity index is 2.00. The number of hydrogen-bond acceptors (Lipinski definition) is 2. The molecule has 96 valence electrons. The van der Waals surface area contributed by atoms with Gasteiger partial charge < -0.3 is 15.7 Å². The summed E-state index contributed by atoms with van der Waals surface area (Å²) in [5, 5.41) is 14.5. The third-order valence-electron chi connectivity index (χ3n) is 3.25. The fourth-order valence-electron chi connectivity index (χ4n) is 2.27. The number of carboxylic acid groups (broad SMARTS) is 1. The van der Waals surface area contributed by atoms with Crippen LogP contribution in [-0.4, -0.2) is 22.6 Å². The van der Waals surface area contributed by atoms with Crippen LogP contribution in [0.5, 0.6) is 0 Å². The highest BCUT2D eigenvalue weighted by Crippen LogP contribution is 2.29. The summed E-state index contributed by atoms with van der Waals surface area (Å²) in [5.41, 5.74) is -0.452. The van der Waals surface area contributed by atoms with Crippen LogP contribution < -0.4 is 10.6 Å². The quantitative estimate of drug-likeness (QED) is 0.767. The Labute approximate surface area is 105 Å². The Kier molecular flexibility index (Phi) is 3.50. The normalized spacial score (nSPS) is 17.1. The molecule has 3 N–H and O–H groups in total. The number of anilines is 1. The predicted octanol–water partition coefficient (Wildman–Crippen LogP) is 2.21. The number of rotatable bonds is 3. The number of benzene rings is 1. The number of hydrogen-bond donors (Lipinski definition) is 3. The molecule has 0 radical (unpaired) electrons. The fraction of sp³-hybridized carbons (Fsp3) is 0.385. The van der Waals surface area contributed by atoms with Crippen LogP contribution in [0.1, 0.15) is 25.7 Å². The Hall–Kier alpha value is -2.04. The highest BCUT2D eigenvalue weighted by Gasteiger charge is 2.42. The van der Waals surface area contributed by atoms with E-state index in [1.54, 1.807) is 24.3 Å². The molecule has 0 bridgehead atoms. The molecule has 0 saturated heterocycles. The summed E-state index contributed by atoms with van der Waals surface area (Å²) in [5.74, 6) is -0.955. The average Bonchev–Trinajstić information content (AvgIpc) is 2.80. The first kappa shape index (κ1) is 12.4. The molecule has 1 aromatic carbocycles. The summed E-state index contributed by atoms with van der Waals surface area (Å²) in [6, 6.07) is 8.49. The van der Waals surface area contributed by atoms with E-state index in [-0.39, 0.29) is 0 Å². The predicted molar refractivity (Wildman–Crippen MR) is 67.4 cm³/mol. The number of nitrogens with one attached hydrogen (secondary N) is 2. The Morgan fingerprint density at radius 3 is 2.28 bits per heavy atom. The van der Waals surface area contributed by atoms with Crippen molar-refractivity contribution >= 4 is 17.7 Å². The Morgan fingerprint density at radius 1 is 1.11 bits per heavy atom. The van der Waals surface area contributed by atoms with Gasteiger partial charge in [-0.25, -0.2) is 9.59 Å². The maximum atomic E-state index is 11.8. The minimum absolute atomic E-state index is 0.467. The molecule has 1 saturated carbocycles. The van der Waals surface area contributed by atoms with Gasteiger partial charge in [-0.05, 0) is 25.0 Å². The molecule has 5 heteroatoms. The van der Waals surface area contributed by atoms with E-state index in [0.717, 1.165) is 12.8 Å². The third-order valence-corrected chi connectivity index (χ3v) is 3.25. The van der Waals surface area contributed by atoms with Gasteiger partial charge in [-0.2, -0.15) is 0 Å². The van der Waals surface area contributed by atoms with Gasteiger partial charge in [0.15, 0.2) is 0 Å². The van der Waals surface area contributed by atoms with Crippen molar-refractivity contribution in [1.82, 2.24) is 5.32 Å². The smallest absolute Gasteiger partial charge is 0.329 e. The van der Waals surface area contributed by atoms with Crippen molar-refractivity contribution in [2.45, 2.75) is 31.2 Å². The van der Waals surface area contributed by atoms with Gasteiger partial charge in [0.05, 0.1) is 0 Å². The molecular weight excluding hydrogens is 232 g/mol. The van der Waals surface area contributed by atoms with Gasteiger partial charge in [0.1, 0.15) is 5.54 Å². The summed E-state index contributed by atoms with van der Waals surface area (Å²) in [6.07, 6.45) is 2.64. The van der Waals surface area contributed by atoms with E-state index in [0.29, 0.717) is 18.5 Å². The van der Waals surface area contributed by atoms with Crippen molar-refractivity contribution in [3.63, 3.8) is 0 Å². The number of carbonyl (C=O) groups excluding carboxylic acids is 1. The minimum atomic E-state index is -1.10. The number of para-hydroxylation sites is 1. The van der Waals surface area contributed by atoms with Gasteiger partial charge in [-0.15, -0.1) is 0 Å². The van der Waals surface area contributed by atoms with Crippen LogP contribution in [0.15, 0.2) is 30.3 Å². The van der Waals surface area contributed by atoms with Gasteiger partial charge in [-0.1, -0.05) is 31.0 Å². The standard InChI is InChI=1S/C13H16N2O3/c16-11(17)13(8-4-5-9-13)15-12(18)14-10-6-2-1-3-7-10/h1-3,6-7H,4-5,8-9H2,(H,16,17)(H2,14,15,18). The van der Waals surface area contributed by atoms with Crippen molar-refractivity contribution in [2.24, 2.45) is 0 Å². The Bertz CT molecular complexity index is 439. The molecule has 1 aliphatic carbocycles. The second-order valence-electron chi connectivity index (χ2n) is 4.54. The van der Waals surface area contributed by atoms with E-state index < -0.39 is 17.5 Å². The Morgan fingerprint density at radius 2 is 1.72 bits per heavy atom. The number of carbonyl (C=O) groups is 2. The average molecular weight is 248 g/mol. The molecule has 0 atom stereocenters. The van der Waals surface area contributed by atoms with E-state index in [1.807, 2.05) is 6.07 Å². The maximum absolute atomic E-state index is 11.8. The molecule has 18 heavy (non-hydrogen) atoms. The first-order chi connectivity index (χ1) is 8.62. The van der Waals surface area contributed by atoms with Crippen LogP contribution in [0, 0.1) is 0 Å². The molecular formula is C13H16N2O3. The summed E-state index contributed by atoms with van der Waals surface area (Å²) in [4.78, 5) is 23.1. The van der Waals surface area contributed by atoms with Gasteiger partial charge >= 0.3 is 12.0 Å². The van der Waals surface area contributed by atoms with Crippen molar-refractivity contribution in [1.29, 1.82) is 0 Å². The van der Waals surface area contributed by atoms with Gasteiger partial charge in [-0.3, -0.25) is 0 Å². The first-order valence-electron chi connectivity index (χ1n) is 6.00. The molecule has 0 spiro atoms. The molecule has 5 nitrogen and oxygen atoms in total. The third kappa shape index (κ3) is 2.61. The molecule has 1 fully saturated rings. The molecule has 1 aliphatic rings. The van der Waals surface area contributed by atoms with Gasteiger partial charge in [0.2, 0.25) is 0 Å². The largest absolute Gasteiger partial charge is 0.480 e. The summed E-state index contributed by atoms with van der Waals surface area (Å²) >= 11 is 0. The molecule has 2 rings (SSSR count). The number of amides is 2. The topological polar surface area (TPSA) is 78.4 Å². The van der Waals surface area contributed by atoms with Crippen molar-refractivity contribution in [2.75, 3.05) is 5.32 Å². The van der Waals surface area contributed by atoms with E-state index in [2.05, 4.69) is 10.6 Å². The lowest BCUT2D eigenvalue weighted by molar-refractivity contribution is -0.144. The number of urea groups is 1. The SMILES string of the molecule is O=C(Nc1ccccc1)NC1(C(=O)O)CCCC1. The van der Waals surface area contributed by atoms with Gasteiger partial charge in [0, 0.05) is 5.69 Å². The lowest BCUT2D eigenvalue weighted by atomic mass is 9.98. The van der Waals surface area contributed by atoms with Crippen LogP contribution in [0.4, 0.5) is 10.5 Å². The van der Waals surface area contributed by atoms with E-state index >= 15 is 0 Å². The zero-order valence-corrected chi connectivity index (χ0v) is 9.98. The second-order valence-corrected chi connectivity index (χ2v) is 4.54. The minimum Gasteiger partial charge on any atom is -0.480 e. The summed E-state index contributed by atoms with van der Waals surface area (Å²) in [7, 11) is 0. The van der Waals surface area contributed by atoms with Crippen LogP contribution in [0.3, 0.4) is 0 Å². The summed E-state index contributed by atoms with van der Waals surface area (Å²) < 4.78 is 0.